The van der Waals surface area contributed by atoms with Crippen molar-refractivity contribution < 1.29 is 14.3 Å². The van der Waals surface area contributed by atoms with Crippen molar-refractivity contribution in [3.8, 4) is 17.1 Å². The Balaban J connectivity index is 1.78. The van der Waals surface area contributed by atoms with Gasteiger partial charge in [-0.15, -0.1) is 0 Å². The molecule has 0 spiro atoms. The second-order valence-corrected chi connectivity index (χ2v) is 6.22. The van der Waals surface area contributed by atoms with E-state index in [1.807, 2.05) is 0 Å². The minimum atomic E-state index is -0.354. The summed E-state index contributed by atoms with van der Waals surface area (Å²) >= 11 is 0. The lowest BCUT2D eigenvalue weighted by Gasteiger charge is -2.31. The Labute approximate surface area is 151 Å². The molecule has 2 amide bonds. The van der Waals surface area contributed by atoms with Gasteiger partial charge in [0.2, 0.25) is 17.7 Å². The highest BCUT2D eigenvalue weighted by Gasteiger charge is 2.27. The number of anilines is 1. The number of amides is 2. The topological polar surface area (TPSA) is 124 Å². The minimum absolute atomic E-state index is 0.109. The first-order valence-electron chi connectivity index (χ1n) is 8.35. The van der Waals surface area contributed by atoms with Crippen LogP contribution in [0, 0.1) is 5.92 Å². The molecule has 136 valence electrons. The number of benzene rings is 1. The van der Waals surface area contributed by atoms with Gasteiger partial charge in [0.25, 0.3) is 5.91 Å². The number of aromatic nitrogens is 2. The van der Waals surface area contributed by atoms with E-state index in [1.165, 1.54) is 7.11 Å². The summed E-state index contributed by atoms with van der Waals surface area (Å²) in [5, 5.41) is 0. The average Bonchev–Trinajstić information content (AvgIpc) is 2.67. The molecule has 4 N–H and O–H groups in total. The van der Waals surface area contributed by atoms with Gasteiger partial charge in [0.05, 0.1) is 18.7 Å². The highest BCUT2D eigenvalue weighted by molar-refractivity contribution is 5.95. The molecule has 1 aromatic carbocycles. The number of piperidine rings is 1. The maximum Gasteiger partial charge on any atom is 0.253 e. The average molecular weight is 355 g/mol. The molecule has 0 radical (unpaired) electrons. The van der Waals surface area contributed by atoms with Crippen molar-refractivity contribution in [1.29, 1.82) is 0 Å². The van der Waals surface area contributed by atoms with Crippen LogP contribution in [-0.4, -0.2) is 46.9 Å². The van der Waals surface area contributed by atoms with Gasteiger partial charge < -0.3 is 21.1 Å². The lowest BCUT2D eigenvalue weighted by Crippen LogP contribution is -2.44. The molecule has 8 heteroatoms. The summed E-state index contributed by atoms with van der Waals surface area (Å²) in [5.41, 5.74) is 13.0. The van der Waals surface area contributed by atoms with E-state index in [1.54, 1.807) is 35.2 Å². The molecule has 0 unspecified atom stereocenters. The standard InChI is InChI=1S/C18H21N5O3/c1-26-15-9-14(21-18(20)22-15)11-4-6-12(7-5-11)17(25)23-8-2-3-13(10-23)16(19)24/h4-7,9,13H,2-3,8,10H2,1H3,(H2,19,24)(H2,20,21,22)/t13-/m1/s1. The van der Waals surface area contributed by atoms with Crippen LogP contribution in [0.4, 0.5) is 5.95 Å². The third kappa shape index (κ3) is 3.74. The van der Waals surface area contributed by atoms with Crippen molar-refractivity contribution in [1.82, 2.24) is 14.9 Å². The summed E-state index contributed by atoms with van der Waals surface area (Å²) < 4.78 is 5.10. The van der Waals surface area contributed by atoms with E-state index in [2.05, 4.69) is 9.97 Å². The molecule has 1 fully saturated rings. The van der Waals surface area contributed by atoms with Gasteiger partial charge in [-0.05, 0) is 25.0 Å². The number of hydrogen-bond acceptors (Lipinski definition) is 6. The Hall–Kier alpha value is -3.16. The number of likely N-dealkylation sites (tertiary alicyclic amines) is 1. The molecular formula is C18H21N5O3. The first-order valence-corrected chi connectivity index (χ1v) is 8.35. The second-order valence-electron chi connectivity index (χ2n) is 6.22. The Morgan fingerprint density at radius 3 is 2.62 bits per heavy atom. The van der Waals surface area contributed by atoms with Crippen LogP contribution >= 0.6 is 0 Å². The van der Waals surface area contributed by atoms with Crippen molar-refractivity contribution in [2.24, 2.45) is 11.7 Å². The number of hydrogen-bond donors (Lipinski definition) is 2. The number of ether oxygens (including phenoxy) is 1. The van der Waals surface area contributed by atoms with Crippen LogP contribution in [0.2, 0.25) is 0 Å². The van der Waals surface area contributed by atoms with Gasteiger partial charge in [0.15, 0.2) is 0 Å². The van der Waals surface area contributed by atoms with Crippen molar-refractivity contribution >= 4 is 17.8 Å². The van der Waals surface area contributed by atoms with E-state index in [0.29, 0.717) is 30.2 Å². The van der Waals surface area contributed by atoms with Crippen molar-refractivity contribution in [2.75, 3.05) is 25.9 Å². The van der Waals surface area contributed by atoms with Crippen LogP contribution in [0.1, 0.15) is 23.2 Å². The Morgan fingerprint density at radius 1 is 1.23 bits per heavy atom. The second kappa shape index (κ2) is 7.38. The van der Waals surface area contributed by atoms with Crippen LogP contribution < -0.4 is 16.2 Å². The van der Waals surface area contributed by atoms with Crippen LogP contribution in [0.15, 0.2) is 30.3 Å². The molecule has 2 aromatic rings. The molecule has 0 aliphatic carbocycles. The summed E-state index contributed by atoms with van der Waals surface area (Å²) in [6, 6.07) is 8.73. The first-order chi connectivity index (χ1) is 12.5. The molecule has 0 saturated carbocycles. The maximum absolute atomic E-state index is 12.7. The van der Waals surface area contributed by atoms with Crippen molar-refractivity contribution in [3.05, 3.63) is 35.9 Å². The minimum Gasteiger partial charge on any atom is -0.481 e. The lowest BCUT2D eigenvalue weighted by molar-refractivity contribution is -0.123. The monoisotopic (exact) mass is 355 g/mol. The highest BCUT2D eigenvalue weighted by Crippen LogP contribution is 2.23. The van der Waals surface area contributed by atoms with E-state index in [9.17, 15) is 9.59 Å². The quantitative estimate of drug-likeness (QED) is 0.845. The zero-order valence-electron chi connectivity index (χ0n) is 14.5. The molecule has 1 saturated heterocycles. The van der Waals surface area contributed by atoms with E-state index >= 15 is 0 Å². The van der Waals surface area contributed by atoms with Crippen LogP contribution in [0.5, 0.6) is 5.88 Å². The molecule has 1 aromatic heterocycles. The Bertz CT molecular complexity index is 822. The number of carbonyl (C=O) groups excluding carboxylic acids is 2. The number of nitrogens with zero attached hydrogens (tertiary/aromatic N) is 3. The Kier molecular flexibility index (Phi) is 5.01. The summed E-state index contributed by atoms with van der Waals surface area (Å²) in [5.74, 6) is -0.248. The number of nitrogens with two attached hydrogens (primary N) is 2. The summed E-state index contributed by atoms with van der Waals surface area (Å²) in [6.45, 7) is 1.000. The molecule has 1 atom stereocenters. The van der Waals surface area contributed by atoms with E-state index in [0.717, 1.165) is 18.4 Å². The van der Waals surface area contributed by atoms with E-state index in [-0.39, 0.29) is 23.7 Å². The zero-order valence-corrected chi connectivity index (χ0v) is 14.5. The Morgan fingerprint density at radius 2 is 1.96 bits per heavy atom. The van der Waals surface area contributed by atoms with Gasteiger partial charge in [0.1, 0.15) is 0 Å². The van der Waals surface area contributed by atoms with E-state index < -0.39 is 0 Å². The van der Waals surface area contributed by atoms with Gasteiger partial charge in [-0.25, -0.2) is 4.98 Å². The molecule has 26 heavy (non-hydrogen) atoms. The zero-order chi connectivity index (χ0) is 18.7. The predicted octanol–water partition coefficient (Wildman–Crippen LogP) is 1.07. The summed E-state index contributed by atoms with van der Waals surface area (Å²) in [4.78, 5) is 33.9. The molecule has 8 nitrogen and oxygen atoms in total. The van der Waals surface area contributed by atoms with Crippen LogP contribution in [0.25, 0.3) is 11.3 Å². The normalized spacial score (nSPS) is 17.0. The van der Waals surface area contributed by atoms with E-state index in [4.69, 9.17) is 16.2 Å². The molecule has 1 aliphatic heterocycles. The molecule has 3 rings (SSSR count). The van der Waals surface area contributed by atoms with Crippen LogP contribution in [-0.2, 0) is 4.79 Å². The smallest absolute Gasteiger partial charge is 0.253 e. The number of methoxy groups -OCH3 is 1. The fourth-order valence-corrected chi connectivity index (χ4v) is 3.06. The fourth-order valence-electron chi connectivity index (χ4n) is 3.06. The van der Waals surface area contributed by atoms with Gasteiger partial charge in [0, 0.05) is 30.3 Å². The summed E-state index contributed by atoms with van der Waals surface area (Å²) in [6.07, 6.45) is 1.51. The largest absolute Gasteiger partial charge is 0.481 e. The third-order valence-electron chi connectivity index (χ3n) is 4.47. The van der Waals surface area contributed by atoms with Crippen molar-refractivity contribution in [2.45, 2.75) is 12.8 Å². The molecular weight excluding hydrogens is 334 g/mol. The number of primary amides is 1. The lowest BCUT2D eigenvalue weighted by atomic mass is 9.96. The summed E-state index contributed by atoms with van der Waals surface area (Å²) in [7, 11) is 1.51. The molecule has 1 aliphatic rings. The SMILES string of the molecule is COc1cc(-c2ccc(C(=O)N3CCC[C@@H](C(N)=O)C3)cc2)nc(N)n1. The first kappa shape index (κ1) is 17.7. The molecule has 2 heterocycles. The van der Waals surface area contributed by atoms with Gasteiger partial charge >= 0.3 is 0 Å². The number of rotatable bonds is 4. The van der Waals surface area contributed by atoms with Crippen molar-refractivity contribution in [3.63, 3.8) is 0 Å². The maximum atomic E-state index is 12.7. The predicted molar refractivity (Wildman–Crippen MR) is 96.3 cm³/mol. The number of nitrogen functional groups attached to an aromatic ring is 1. The van der Waals surface area contributed by atoms with Gasteiger partial charge in [-0.1, -0.05) is 12.1 Å². The third-order valence-corrected chi connectivity index (χ3v) is 4.47. The molecule has 0 bridgehead atoms. The van der Waals surface area contributed by atoms with Gasteiger partial charge in [-0.2, -0.15) is 4.98 Å². The van der Waals surface area contributed by atoms with Crippen LogP contribution in [0.3, 0.4) is 0 Å². The number of carbonyl (C=O) groups is 2. The highest BCUT2D eigenvalue weighted by atomic mass is 16.5. The fraction of sp³-hybridized carbons (Fsp3) is 0.333. The van der Waals surface area contributed by atoms with Gasteiger partial charge in [-0.3, -0.25) is 9.59 Å².